The van der Waals surface area contributed by atoms with E-state index < -0.39 is 0 Å². The molecule has 1 heterocycles. The summed E-state index contributed by atoms with van der Waals surface area (Å²) >= 11 is 0. The smallest absolute Gasteiger partial charge is 0.0893 e. The molecule has 1 aliphatic rings. The van der Waals surface area contributed by atoms with Crippen LogP contribution in [-0.2, 0) is 0 Å². The summed E-state index contributed by atoms with van der Waals surface area (Å²) in [7, 11) is 0. The van der Waals surface area contributed by atoms with Crippen LogP contribution in [0.4, 0.5) is 0 Å². The first kappa shape index (κ1) is 23.4. The zero-order chi connectivity index (χ0) is 18.7. The SMILES string of the molecule is CCCCCCCCCCCCCCCCCN1C=CN(CCCC)C1. The zero-order valence-corrected chi connectivity index (χ0v) is 18.2. The lowest BCUT2D eigenvalue weighted by atomic mass is 10.0. The maximum absolute atomic E-state index is 2.48. The molecule has 2 heteroatoms. The minimum atomic E-state index is 1.12. The van der Waals surface area contributed by atoms with Crippen LogP contribution < -0.4 is 0 Å². The molecule has 0 N–H and O–H groups in total. The van der Waals surface area contributed by atoms with Gasteiger partial charge in [-0.25, -0.2) is 0 Å². The maximum atomic E-state index is 2.48. The summed E-state index contributed by atoms with van der Waals surface area (Å²) in [5, 5.41) is 0. The standard InChI is InChI=1S/C24H48N2/c1-3-5-7-8-9-10-11-12-13-14-15-16-17-18-19-21-26-23-22-25(24-26)20-6-4-2/h22-23H,3-21,24H2,1-2H3. The van der Waals surface area contributed by atoms with E-state index in [0.717, 1.165) is 6.67 Å². The van der Waals surface area contributed by atoms with Gasteiger partial charge in [-0.3, -0.25) is 0 Å². The molecule has 0 aromatic carbocycles. The topological polar surface area (TPSA) is 6.48 Å². The van der Waals surface area contributed by atoms with E-state index in [0.29, 0.717) is 0 Å². The van der Waals surface area contributed by atoms with Crippen molar-refractivity contribution in [2.24, 2.45) is 0 Å². The summed E-state index contributed by atoms with van der Waals surface area (Å²) in [5.41, 5.74) is 0. The minimum absolute atomic E-state index is 1.12. The third-order valence-electron chi connectivity index (χ3n) is 5.70. The highest BCUT2D eigenvalue weighted by Crippen LogP contribution is 2.14. The van der Waals surface area contributed by atoms with Crippen LogP contribution in [-0.4, -0.2) is 29.6 Å². The third-order valence-corrected chi connectivity index (χ3v) is 5.70. The highest BCUT2D eigenvalue weighted by molar-refractivity contribution is 4.90. The van der Waals surface area contributed by atoms with E-state index in [1.165, 1.54) is 122 Å². The Bertz CT molecular complexity index is 313. The summed E-state index contributed by atoms with van der Waals surface area (Å²) in [4.78, 5) is 4.94. The molecule has 0 fully saturated rings. The molecule has 0 spiro atoms. The molecule has 1 rings (SSSR count). The van der Waals surface area contributed by atoms with Gasteiger partial charge in [0, 0.05) is 25.5 Å². The van der Waals surface area contributed by atoms with E-state index in [4.69, 9.17) is 0 Å². The fraction of sp³-hybridized carbons (Fsp3) is 0.917. The van der Waals surface area contributed by atoms with Gasteiger partial charge in [-0.2, -0.15) is 0 Å². The first-order chi connectivity index (χ1) is 12.9. The van der Waals surface area contributed by atoms with Crippen LogP contribution in [0.25, 0.3) is 0 Å². The number of nitrogens with zero attached hydrogens (tertiary/aromatic N) is 2. The monoisotopic (exact) mass is 364 g/mol. The van der Waals surface area contributed by atoms with E-state index in [1.807, 2.05) is 0 Å². The van der Waals surface area contributed by atoms with Gasteiger partial charge in [0.25, 0.3) is 0 Å². The van der Waals surface area contributed by atoms with Crippen molar-refractivity contribution < 1.29 is 0 Å². The zero-order valence-electron chi connectivity index (χ0n) is 18.2. The lowest BCUT2D eigenvalue weighted by Crippen LogP contribution is -2.26. The van der Waals surface area contributed by atoms with Crippen LogP contribution in [0.1, 0.15) is 123 Å². The normalized spacial score (nSPS) is 13.9. The van der Waals surface area contributed by atoms with Crippen LogP contribution in [0.3, 0.4) is 0 Å². The van der Waals surface area contributed by atoms with Gasteiger partial charge < -0.3 is 9.80 Å². The lowest BCUT2D eigenvalue weighted by molar-refractivity contribution is 0.258. The first-order valence-corrected chi connectivity index (χ1v) is 12.0. The van der Waals surface area contributed by atoms with Crippen LogP contribution in [0.15, 0.2) is 12.4 Å². The Morgan fingerprint density at radius 3 is 1.23 bits per heavy atom. The second-order valence-electron chi connectivity index (χ2n) is 8.37. The fourth-order valence-electron chi connectivity index (χ4n) is 3.85. The number of hydrogen-bond acceptors (Lipinski definition) is 2. The Hall–Kier alpha value is -0.660. The van der Waals surface area contributed by atoms with Crippen LogP contribution in [0.5, 0.6) is 0 Å². The molecule has 0 saturated heterocycles. The summed E-state index contributed by atoms with van der Waals surface area (Å²) in [5.74, 6) is 0. The van der Waals surface area contributed by atoms with Crippen LogP contribution >= 0.6 is 0 Å². The molecule has 0 saturated carbocycles. The summed E-state index contributed by atoms with van der Waals surface area (Å²) in [6, 6.07) is 0. The molecule has 0 radical (unpaired) electrons. The third kappa shape index (κ3) is 13.5. The highest BCUT2D eigenvalue weighted by Gasteiger charge is 2.10. The molecule has 26 heavy (non-hydrogen) atoms. The van der Waals surface area contributed by atoms with Gasteiger partial charge in [-0.1, -0.05) is 110 Å². The van der Waals surface area contributed by atoms with Gasteiger partial charge in [0.15, 0.2) is 0 Å². The largest absolute Gasteiger partial charge is 0.359 e. The molecule has 2 nitrogen and oxygen atoms in total. The molecule has 154 valence electrons. The molecule has 0 bridgehead atoms. The Balaban J connectivity index is 1.73. The van der Waals surface area contributed by atoms with Crippen LogP contribution in [0.2, 0.25) is 0 Å². The average molecular weight is 365 g/mol. The van der Waals surface area contributed by atoms with Gasteiger partial charge in [-0.15, -0.1) is 0 Å². The number of unbranched alkanes of at least 4 members (excludes halogenated alkanes) is 15. The molecule has 0 unspecified atom stereocenters. The Morgan fingerprint density at radius 2 is 0.808 bits per heavy atom. The van der Waals surface area contributed by atoms with E-state index >= 15 is 0 Å². The summed E-state index contributed by atoms with van der Waals surface area (Å²) in [6.45, 7) is 8.16. The Kier molecular flexibility index (Phi) is 16.0. The second-order valence-corrected chi connectivity index (χ2v) is 8.37. The van der Waals surface area contributed by atoms with Crippen LogP contribution in [0, 0.1) is 0 Å². The molecule has 0 atom stereocenters. The van der Waals surface area contributed by atoms with E-state index in [9.17, 15) is 0 Å². The van der Waals surface area contributed by atoms with E-state index in [2.05, 4.69) is 36.0 Å². The average Bonchev–Trinajstić information content (AvgIpc) is 3.11. The van der Waals surface area contributed by atoms with Crippen molar-refractivity contribution in [2.45, 2.75) is 123 Å². The molecule has 0 aromatic rings. The predicted octanol–water partition coefficient (Wildman–Crippen LogP) is 7.70. The van der Waals surface area contributed by atoms with Crippen molar-refractivity contribution in [1.29, 1.82) is 0 Å². The Labute approximate surface area is 165 Å². The van der Waals surface area contributed by atoms with Gasteiger partial charge >= 0.3 is 0 Å². The highest BCUT2D eigenvalue weighted by atomic mass is 15.3. The predicted molar refractivity (Wildman–Crippen MR) is 117 cm³/mol. The molecule has 0 aliphatic carbocycles. The Morgan fingerprint density at radius 1 is 0.462 bits per heavy atom. The van der Waals surface area contributed by atoms with Crippen molar-refractivity contribution in [3.05, 3.63) is 12.4 Å². The molecule has 1 aliphatic heterocycles. The summed E-state index contributed by atoms with van der Waals surface area (Å²) < 4.78 is 0. The van der Waals surface area contributed by atoms with Crippen molar-refractivity contribution in [3.8, 4) is 0 Å². The first-order valence-electron chi connectivity index (χ1n) is 12.0. The van der Waals surface area contributed by atoms with Gasteiger partial charge in [0.05, 0.1) is 6.67 Å². The maximum Gasteiger partial charge on any atom is 0.0893 e. The fourth-order valence-corrected chi connectivity index (χ4v) is 3.85. The molecular weight excluding hydrogens is 316 g/mol. The van der Waals surface area contributed by atoms with Crippen molar-refractivity contribution in [3.63, 3.8) is 0 Å². The lowest BCUT2D eigenvalue weighted by Gasteiger charge is -2.21. The van der Waals surface area contributed by atoms with Gasteiger partial charge in [0.2, 0.25) is 0 Å². The van der Waals surface area contributed by atoms with Gasteiger partial charge in [-0.05, 0) is 12.8 Å². The quantitative estimate of drug-likeness (QED) is 0.217. The van der Waals surface area contributed by atoms with Crippen molar-refractivity contribution in [2.75, 3.05) is 19.8 Å². The molecule has 0 aromatic heterocycles. The van der Waals surface area contributed by atoms with E-state index in [-0.39, 0.29) is 0 Å². The summed E-state index contributed by atoms with van der Waals surface area (Å²) in [6.07, 6.45) is 28.9. The van der Waals surface area contributed by atoms with E-state index in [1.54, 1.807) is 0 Å². The minimum Gasteiger partial charge on any atom is -0.359 e. The second kappa shape index (κ2) is 17.7. The van der Waals surface area contributed by atoms with Crippen molar-refractivity contribution in [1.82, 2.24) is 9.80 Å². The number of hydrogen-bond donors (Lipinski definition) is 0. The van der Waals surface area contributed by atoms with Crippen molar-refractivity contribution >= 4 is 0 Å². The number of rotatable bonds is 19. The van der Waals surface area contributed by atoms with Gasteiger partial charge in [0.1, 0.15) is 0 Å². The molecule has 0 amide bonds. The molecular formula is C24H48N2.